The van der Waals surface area contributed by atoms with E-state index in [1.807, 2.05) is 9.80 Å². The molecule has 6 rings (SSSR count). The van der Waals surface area contributed by atoms with E-state index in [0.717, 1.165) is 25.9 Å². The summed E-state index contributed by atoms with van der Waals surface area (Å²) in [7, 11) is -4.35. The van der Waals surface area contributed by atoms with Crippen LogP contribution >= 0.6 is 11.3 Å². The molecule has 17 heteroatoms. The molecule has 40 heavy (non-hydrogen) atoms. The quantitative estimate of drug-likeness (QED) is 0.455. The number of nitrogens with zero attached hydrogens (tertiary/aromatic N) is 7. The Bertz CT molecular complexity index is 1530. The molecule has 0 spiro atoms. The number of alkyl halides is 3. The van der Waals surface area contributed by atoms with Crippen LogP contribution in [0.3, 0.4) is 0 Å². The van der Waals surface area contributed by atoms with Gasteiger partial charge in [-0.25, -0.2) is 31.8 Å². The van der Waals surface area contributed by atoms with Crippen LogP contribution in [-0.2, 0) is 14.8 Å². The minimum absolute atomic E-state index is 0.0203. The number of halogens is 3. The number of anilines is 1. The number of hydrogen-bond donors (Lipinski definition) is 1. The molecule has 2 amide bonds. The smallest absolute Gasteiger partial charge is 0.320 e. The number of likely N-dealkylation sites (tertiary alicyclic amines) is 1. The molecule has 1 aromatic carbocycles. The van der Waals surface area contributed by atoms with Gasteiger partial charge < -0.3 is 19.4 Å². The maximum Gasteiger partial charge on any atom is 0.320 e. The Balaban J connectivity index is 1.46. The predicted octanol–water partition coefficient (Wildman–Crippen LogP) is 2.46. The molecular weight excluding hydrogens is 573 g/mol. The lowest BCUT2D eigenvalue weighted by atomic mass is 9.89. The van der Waals surface area contributed by atoms with Crippen LogP contribution < -0.4 is 10.0 Å². The second-order valence-corrected chi connectivity index (χ2v) is 12.5. The zero-order valence-electron chi connectivity index (χ0n) is 21.2. The van der Waals surface area contributed by atoms with Gasteiger partial charge in [0.05, 0.1) is 41.7 Å². The Kier molecular flexibility index (Phi) is 7.08. The van der Waals surface area contributed by atoms with Gasteiger partial charge in [0.1, 0.15) is 0 Å². The van der Waals surface area contributed by atoms with Crippen molar-refractivity contribution < 1.29 is 31.1 Å². The monoisotopic (exact) mass is 600 g/mol. The number of urea groups is 1. The summed E-state index contributed by atoms with van der Waals surface area (Å²) >= 11 is 0.625. The Morgan fingerprint density at radius 2 is 1.82 bits per heavy atom. The van der Waals surface area contributed by atoms with Crippen LogP contribution in [0.5, 0.6) is 0 Å². The van der Waals surface area contributed by atoms with Crippen LogP contribution in [0.15, 0.2) is 17.2 Å². The summed E-state index contributed by atoms with van der Waals surface area (Å²) in [5.41, 5.74) is 0.933. The van der Waals surface area contributed by atoms with Crippen molar-refractivity contribution in [2.75, 3.05) is 57.4 Å². The molecule has 0 bridgehead atoms. The number of carbonyl (C=O) groups excluding carboxylic acids is 1. The summed E-state index contributed by atoms with van der Waals surface area (Å²) in [5.74, 6) is -0.568. The Morgan fingerprint density at radius 3 is 2.40 bits per heavy atom. The maximum atomic E-state index is 13.9. The van der Waals surface area contributed by atoms with Crippen LogP contribution in [0.4, 0.5) is 23.7 Å². The molecule has 3 aliphatic rings. The van der Waals surface area contributed by atoms with E-state index in [2.05, 4.69) is 15.3 Å². The van der Waals surface area contributed by atoms with Gasteiger partial charge in [0, 0.05) is 56.1 Å². The average Bonchev–Trinajstić information content (AvgIpc) is 3.68. The topological polar surface area (TPSA) is 140 Å². The first-order valence-corrected chi connectivity index (χ1v) is 15.2. The van der Waals surface area contributed by atoms with Crippen molar-refractivity contribution in [3.8, 4) is 5.13 Å². The highest BCUT2D eigenvalue weighted by Crippen LogP contribution is 2.47. The van der Waals surface area contributed by atoms with Gasteiger partial charge in [-0.2, -0.15) is 5.10 Å². The van der Waals surface area contributed by atoms with Gasteiger partial charge in [-0.05, 0) is 18.9 Å². The predicted molar refractivity (Wildman–Crippen MR) is 139 cm³/mol. The zero-order chi connectivity index (χ0) is 28.2. The van der Waals surface area contributed by atoms with Gasteiger partial charge in [-0.3, -0.25) is 4.39 Å². The standard InChI is InChI=1S/C23H27F3N8O4S2/c24-10-13-12-38-19(13)17-16(40(27,36)37)9-15-14(11-28-34(15)22-30-29-21(39-22)20(25)26)18(17)31-5-7-33(8-6-31)23(35)32-3-1-2-4-32/h9,11,13,19-20H,1-8,10,12H2,(H2,27,36,37). The van der Waals surface area contributed by atoms with E-state index in [-0.39, 0.29) is 33.7 Å². The van der Waals surface area contributed by atoms with E-state index in [1.54, 1.807) is 4.90 Å². The Hall–Kier alpha value is -3.02. The molecule has 3 saturated heterocycles. The molecule has 12 nitrogen and oxygen atoms in total. The van der Waals surface area contributed by atoms with Gasteiger partial charge in [0.2, 0.25) is 15.2 Å². The highest BCUT2D eigenvalue weighted by Gasteiger charge is 2.41. The molecule has 2 atom stereocenters. The molecule has 0 aliphatic carbocycles. The van der Waals surface area contributed by atoms with E-state index in [1.165, 1.54) is 16.9 Å². The van der Waals surface area contributed by atoms with Crippen molar-refractivity contribution in [1.82, 2.24) is 29.8 Å². The number of carbonyl (C=O) groups is 1. The van der Waals surface area contributed by atoms with E-state index < -0.39 is 40.2 Å². The summed E-state index contributed by atoms with van der Waals surface area (Å²) in [6.45, 7) is 2.35. The van der Waals surface area contributed by atoms with Gasteiger partial charge in [-0.1, -0.05) is 11.3 Å². The minimum atomic E-state index is -4.35. The summed E-state index contributed by atoms with van der Waals surface area (Å²) in [4.78, 5) is 18.2. The fraction of sp³-hybridized carbons (Fsp3) is 0.565. The summed E-state index contributed by atoms with van der Waals surface area (Å²) in [5, 5.41) is 17.3. The van der Waals surface area contributed by atoms with Gasteiger partial charge in [-0.15, -0.1) is 10.2 Å². The van der Waals surface area contributed by atoms with E-state index in [0.29, 0.717) is 48.6 Å². The van der Waals surface area contributed by atoms with Crippen molar-refractivity contribution in [2.45, 2.75) is 30.3 Å². The molecule has 5 heterocycles. The molecule has 0 radical (unpaired) electrons. The first kappa shape index (κ1) is 27.2. The van der Waals surface area contributed by atoms with Gasteiger partial charge in [0.25, 0.3) is 6.43 Å². The van der Waals surface area contributed by atoms with Gasteiger partial charge in [0.15, 0.2) is 5.01 Å². The maximum absolute atomic E-state index is 13.9. The zero-order valence-corrected chi connectivity index (χ0v) is 22.9. The Morgan fingerprint density at radius 1 is 1.12 bits per heavy atom. The molecule has 2 unspecified atom stereocenters. The number of nitrogens with two attached hydrogens (primary N) is 1. The second kappa shape index (κ2) is 10.4. The summed E-state index contributed by atoms with van der Waals surface area (Å²) < 4.78 is 73.0. The largest absolute Gasteiger partial charge is 0.372 e. The number of rotatable bonds is 6. The lowest BCUT2D eigenvalue weighted by Gasteiger charge is -2.42. The highest BCUT2D eigenvalue weighted by molar-refractivity contribution is 7.89. The summed E-state index contributed by atoms with van der Waals surface area (Å²) in [6, 6.07) is 1.27. The first-order valence-electron chi connectivity index (χ1n) is 12.8. The number of benzene rings is 1. The van der Waals surface area contributed by atoms with Gasteiger partial charge >= 0.3 is 6.03 Å². The van der Waals surface area contributed by atoms with Crippen molar-refractivity contribution in [2.24, 2.45) is 11.1 Å². The molecule has 0 saturated carbocycles. The normalized spacial score (nSPS) is 22.0. The SMILES string of the molecule is NS(=O)(=O)c1cc2c(cnn2-c2nnc(C(F)F)s2)c(N2CCN(C(=O)N3CCCC3)CC2)c1C1OCC1CF. The molecule has 3 aliphatic heterocycles. The molecule has 2 N–H and O–H groups in total. The first-order chi connectivity index (χ1) is 19.2. The van der Waals surface area contributed by atoms with E-state index >= 15 is 0 Å². The van der Waals surface area contributed by atoms with Crippen molar-refractivity contribution >= 4 is 44.0 Å². The molecule has 216 valence electrons. The molecule has 3 fully saturated rings. The van der Waals surface area contributed by atoms with Crippen LogP contribution in [0.25, 0.3) is 16.0 Å². The molecule has 3 aromatic rings. The number of ether oxygens (including phenoxy) is 1. The fourth-order valence-corrected chi connectivity index (χ4v) is 7.02. The lowest BCUT2D eigenvalue weighted by Crippen LogP contribution is -2.52. The van der Waals surface area contributed by atoms with Crippen LogP contribution in [0.1, 0.15) is 35.9 Å². The van der Waals surface area contributed by atoms with E-state index in [9.17, 15) is 26.4 Å². The van der Waals surface area contributed by atoms with Crippen LogP contribution in [0, 0.1) is 5.92 Å². The lowest BCUT2D eigenvalue weighted by molar-refractivity contribution is -0.125. The number of sulfonamides is 1. The average molecular weight is 601 g/mol. The number of primary sulfonamides is 1. The third kappa shape index (κ3) is 4.67. The van der Waals surface area contributed by atoms with Crippen molar-refractivity contribution in [3.05, 3.63) is 22.8 Å². The number of hydrogen-bond acceptors (Lipinski definition) is 9. The number of aromatic nitrogens is 4. The van der Waals surface area contributed by atoms with Crippen molar-refractivity contribution in [1.29, 1.82) is 0 Å². The fourth-order valence-electron chi connectivity index (χ4n) is 5.55. The van der Waals surface area contributed by atoms with Crippen LogP contribution in [0.2, 0.25) is 0 Å². The number of amides is 2. The number of piperazine rings is 1. The van der Waals surface area contributed by atoms with E-state index in [4.69, 9.17) is 9.88 Å². The summed E-state index contributed by atoms with van der Waals surface area (Å²) in [6.07, 6.45) is -0.264. The number of fused-ring (bicyclic) bond motifs is 1. The second-order valence-electron chi connectivity index (χ2n) is 10.0. The minimum Gasteiger partial charge on any atom is -0.372 e. The molecular formula is C23H27F3N8O4S2. The van der Waals surface area contributed by atoms with Crippen molar-refractivity contribution in [3.63, 3.8) is 0 Å². The molecule has 2 aromatic heterocycles. The Labute approximate surface area is 231 Å². The third-order valence-electron chi connectivity index (χ3n) is 7.60. The van der Waals surface area contributed by atoms with Crippen LogP contribution in [-0.4, -0.2) is 96.8 Å². The third-order valence-corrected chi connectivity index (χ3v) is 9.45. The highest BCUT2D eigenvalue weighted by atomic mass is 32.2.